The van der Waals surface area contributed by atoms with Crippen LogP contribution in [0.5, 0.6) is 0 Å². The second-order valence-corrected chi connectivity index (χ2v) is 5.71. The fourth-order valence-corrected chi connectivity index (χ4v) is 2.24. The van der Waals surface area contributed by atoms with Gasteiger partial charge in [0.15, 0.2) is 0 Å². The molecule has 1 heterocycles. The highest BCUT2D eigenvalue weighted by Gasteiger charge is 2.30. The normalized spacial score (nSPS) is 13.4. The van der Waals surface area contributed by atoms with Crippen LogP contribution < -0.4 is 16.6 Å². The lowest BCUT2D eigenvalue weighted by atomic mass is 10.0. The van der Waals surface area contributed by atoms with Crippen LogP contribution in [0, 0.1) is 12.8 Å². The molecule has 126 valence electrons. The van der Waals surface area contributed by atoms with Gasteiger partial charge >= 0.3 is 5.97 Å². The molecule has 0 aliphatic carbocycles. The second kappa shape index (κ2) is 7.57. The van der Waals surface area contributed by atoms with Gasteiger partial charge in [-0.05, 0) is 18.4 Å². The van der Waals surface area contributed by atoms with E-state index in [-0.39, 0.29) is 11.5 Å². The predicted octanol–water partition coefficient (Wildman–Crippen LogP) is -0.201. The van der Waals surface area contributed by atoms with E-state index < -0.39 is 36.3 Å². The number of hydrogen-bond acceptors (Lipinski definition) is 4. The Balaban J connectivity index is 3.12. The summed E-state index contributed by atoms with van der Waals surface area (Å²) in [6.45, 7) is 5.25. The van der Waals surface area contributed by atoms with E-state index in [9.17, 15) is 19.2 Å². The Morgan fingerprint density at radius 3 is 2.39 bits per heavy atom. The van der Waals surface area contributed by atoms with E-state index in [1.54, 1.807) is 26.8 Å². The zero-order valence-corrected chi connectivity index (χ0v) is 13.3. The molecule has 2 unspecified atom stereocenters. The Labute approximate surface area is 133 Å². The van der Waals surface area contributed by atoms with E-state index >= 15 is 0 Å². The summed E-state index contributed by atoms with van der Waals surface area (Å²) in [5.41, 5.74) is 5.41. The first-order chi connectivity index (χ1) is 10.6. The summed E-state index contributed by atoms with van der Waals surface area (Å²) in [6, 6.07) is 0.649. The van der Waals surface area contributed by atoms with E-state index in [1.165, 1.54) is 16.8 Å². The van der Waals surface area contributed by atoms with E-state index in [4.69, 9.17) is 10.8 Å². The smallest absolute Gasteiger partial charge is 0.326 e. The number of aromatic nitrogens is 1. The van der Waals surface area contributed by atoms with Crippen molar-refractivity contribution in [2.75, 3.05) is 0 Å². The molecule has 0 spiro atoms. The maximum atomic E-state index is 12.5. The molecule has 0 aliphatic heterocycles. The minimum Gasteiger partial charge on any atom is -0.480 e. The van der Waals surface area contributed by atoms with Gasteiger partial charge in [-0.3, -0.25) is 14.4 Å². The lowest BCUT2D eigenvalue weighted by Crippen LogP contribution is -2.48. The Kier molecular flexibility index (Phi) is 6.06. The van der Waals surface area contributed by atoms with Gasteiger partial charge in [0.1, 0.15) is 12.1 Å². The van der Waals surface area contributed by atoms with Crippen LogP contribution >= 0.6 is 0 Å². The fourth-order valence-electron chi connectivity index (χ4n) is 2.24. The van der Waals surface area contributed by atoms with Crippen LogP contribution in [0.4, 0.5) is 0 Å². The van der Waals surface area contributed by atoms with E-state index in [0.29, 0.717) is 0 Å². The molecule has 8 nitrogen and oxygen atoms in total. The number of aliphatic carboxylic acids is 1. The van der Waals surface area contributed by atoms with Crippen LogP contribution in [0.3, 0.4) is 0 Å². The molecule has 0 fully saturated rings. The molecule has 1 rings (SSSR count). The zero-order valence-electron chi connectivity index (χ0n) is 13.3. The molecule has 0 aromatic carbocycles. The van der Waals surface area contributed by atoms with E-state index in [0.717, 1.165) is 5.56 Å². The Morgan fingerprint density at radius 2 is 1.91 bits per heavy atom. The third kappa shape index (κ3) is 4.94. The van der Waals surface area contributed by atoms with Crippen molar-refractivity contribution in [1.29, 1.82) is 0 Å². The van der Waals surface area contributed by atoms with Gasteiger partial charge in [-0.15, -0.1) is 0 Å². The number of nitrogens with two attached hydrogens (primary N) is 1. The molecular formula is C15H21N3O5. The molecule has 0 bridgehead atoms. The van der Waals surface area contributed by atoms with Gasteiger partial charge in [0, 0.05) is 12.3 Å². The van der Waals surface area contributed by atoms with Crippen LogP contribution in [0.25, 0.3) is 0 Å². The van der Waals surface area contributed by atoms with Crippen molar-refractivity contribution in [3.05, 3.63) is 34.2 Å². The first-order valence-electron chi connectivity index (χ1n) is 7.13. The summed E-state index contributed by atoms with van der Waals surface area (Å²) in [5.74, 6) is -3.12. The third-order valence-electron chi connectivity index (χ3n) is 3.31. The monoisotopic (exact) mass is 323 g/mol. The molecule has 2 amide bonds. The van der Waals surface area contributed by atoms with E-state index in [1.807, 2.05) is 0 Å². The van der Waals surface area contributed by atoms with Gasteiger partial charge < -0.3 is 20.7 Å². The minimum atomic E-state index is -1.43. The SMILES string of the molecule is Cc1ccc(=O)n(C(C(=O)NC(CC(N)=O)C(=O)O)C(C)C)c1. The van der Waals surface area contributed by atoms with Gasteiger partial charge in [-0.2, -0.15) is 0 Å². The van der Waals surface area contributed by atoms with Crippen molar-refractivity contribution in [1.82, 2.24) is 9.88 Å². The fraction of sp³-hybridized carbons (Fsp3) is 0.467. The summed E-state index contributed by atoms with van der Waals surface area (Å²) in [6.07, 6.45) is 1.02. The van der Waals surface area contributed by atoms with Crippen molar-refractivity contribution in [2.24, 2.45) is 11.7 Å². The van der Waals surface area contributed by atoms with Gasteiger partial charge in [-0.25, -0.2) is 4.79 Å². The number of nitrogens with zero attached hydrogens (tertiary/aromatic N) is 1. The standard InChI is InChI=1S/C15H21N3O5/c1-8(2)13(18-7-9(3)4-5-12(18)20)14(21)17-10(15(22)23)6-11(16)19/h4-5,7-8,10,13H,6H2,1-3H3,(H2,16,19)(H,17,21)(H,22,23). The van der Waals surface area contributed by atoms with Crippen molar-refractivity contribution in [2.45, 2.75) is 39.3 Å². The third-order valence-corrected chi connectivity index (χ3v) is 3.31. The molecule has 2 atom stereocenters. The molecule has 8 heteroatoms. The molecule has 1 aromatic rings. The molecule has 23 heavy (non-hydrogen) atoms. The first-order valence-corrected chi connectivity index (χ1v) is 7.13. The summed E-state index contributed by atoms with van der Waals surface area (Å²) < 4.78 is 1.26. The molecule has 4 N–H and O–H groups in total. The lowest BCUT2D eigenvalue weighted by Gasteiger charge is -2.24. The highest BCUT2D eigenvalue weighted by atomic mass is 16.4. The topological polar surface area (TPSA) is 131 Å². The predicted molar refractivity (Wildman–Crippen MR) is 82.7 cm³/mol. The maximum absolute atomic E-state index is 12.5. The number of carboxylic acid groups (broad SMARTS) is 1. The highest BCUT2D eigenvalue weighted by Crippen LogP contribution is 2.17. The summed E-state index contributed by atoms with van der Waals surface area (Å²) in [4.78, 5) is 46.5. The number of hydrogen-bond donors (Lipinski definition) is 3. The number of amides is 2. The zero-order chi connectivity index (χ0) is 17.7. The number of carbonyl (C=O) groups is 3. The van der Waals surface area contributed by atoms with Crippen LogP contribution in [0.1, 0.15) is 31.9 Å². The Hall–Kier alpha value is -2.64. The summed E-state index contributed by atoms with van der Waals surface area (Å²) >= 11 is 0. The largest absolute Gasteiger partial charge is 0.480 e. The Morgan fingerprint density at radius 1 is 1.30 bits per heavy atom. The number of rotatable bonds is 7. The second-order valence-electron chi connectivity index (χ2n) is 5.71. The Bertz CT molecular complexity index is 665. The summed E-state index contributed by atoms with van der Waals surface area (Å²) in [5, 5.41) is 11.3. The van der Waals surface area contributed by atoms with Crippen molar-refractivity contribution in [3.8, 4) is 0 Å². The number of primary amides is 1. The summed E-state index contributed by atoms with van der Waals surface area (Å²) in [7, 11) is 0. The van der Waals surface area contributed by atoms with Crippen LogP contribution in [-0.2, 0) is 14.4 Å². The minimum absolute atomic E-state index is 0.266. The molecular weight excluding hydrogens is 302 g/mol. The lowest BCUT2D eigenvalue weighted by molar-refractivity contribution is -0.144. The van der Waals surface area contributed by atoms with Crippen molar-refractivity contribution in [3.63, 3.8) is 0 Å². The number of aryl methyl sites for hydroxylation is 1. The van der Waals surface area contributed by atoms with Crippen LogP contribution in [-0.4, -0.2) is 33.5 Å². The number of carboxylic acids is 1. The quantitative estimate of drug-likeness (QED) is 0.639. The molecule has 1 aromatic heterocycles. The van der Waals surface area contributed by atoms with Gasteiger partial charge in [0.05, 0.1) is 6.42 Å². The molecule has 0 saturated heterocycles. The molecule has 0 radical (unpaired) electrons. The number of nitrogens with one attached hydrogen (secondary N) is 1. The van der Waals surface area contributed by atoms with Crippen molar-refractivity contribution >= 4 is 17.8 Å². The number of carbonyl (C=O) groups excluding carboxylic acids is 2. The van der Waals surface area contributed by atoms with E-state index in [2.05, 4.69) is 5.32 Å². The van der Waals surface area contributed by atoms with Gasteiger partial charge in [0.25, 0.3) is 5.56 Å². The van der Waals surface area contributed by atoms with Crippen LogP contribution in [0.15, 0.2) is 23.1 Å². The maximum Gasteiger partial charge on any atom is 0.326 e. The average molecular weight is 323 g/mol. The van der Waals surface area contributed by atoms with Gasteiger partial charge in [-0.1, -0.05) is 19.9 Å². The molecule has 0 aliphatic rings. The average Bonchev–Trinajstić information content (AvgIpc) is 2.41. The highest BCUT2D eigenvalue weighted by molar-refractivity contribution is 5.89. The first kappa shape index (κ1) is 18.4. The van der Waals surface area contributed by atoms with Gasteiger partial charge in [0.2, 0.25) is 11.8 Å². The molecule has 0 saturated carbocycles. The van der Waals surface area contributed by atoms with Crippen molar-refractivity contribution < 1.29 is 19.5 Å². The number of pyridine rings is 1. The van der Waals surface area contributed by atoms with Crippen LogP contribution in [0.2, 0.25) is 0 Å².